The van der Waals surface area contributed by atoms with E-state index in [9.17, 15) is 8.42 Å². The number of halogens is 2. The third-order valence-electron chi connectivity index (χ3n) is 7.20. The maximum absolute atomic E-state index is 13.0. The molecule has 0 amide bonds. The minimum absolute atomic E-state index is 0.00792. The molecule has 7 heteroatoms. The molecule has 0 N–H and O–H groups in total. The van der Waals surface area contributed by atoms with Crippen LogP contribution in [-0.2, 0) is 9.84 Å². The highest BCUT2D eigenvalue weighted by molar-refractivity contribution is 7.94. The maximum atomic E-state index is 13.0. The molecule has 0 aromatic heterocycles. The van der Waals surface area contributed by atoms with E-state index in [0.717, 1.165) is 29.8 Å². The molecule has 2 saturated heterocycles. The molecule has 3 aliphatic rings. The van der Waals surface area contributed by atoms with Crippen LogP contribution in [0, 0.1) is 5.92 Å². The van der Waals surface area contributed by atoms with Crippen LogP contribution in [0.25, 0.3) is 0 Å². The average Bonchev–Trinajstić information content (AvgIpc) is 3.34. The van der Waals surface area contributed by atoms with Crippen LogP contribution in [0.5, 0.6) is 0 Å². The van der Waals surface area contributed by atoms with Gasteiger partial charge >= 0.3 is 0 Å². The second-order valence-electron chi connectivity index (χ2n) is 9.71. The zero-order valence-electron chi connectivity index (χ0n) is 19.8. The second kappa shape index (κ2) is 10.1. The Bertz CT molecular complexity index is 1220. The minimum Gasteiger partial charge on any atom is -0.375 e. The molecule has 4 nitrogen and oxygen atoms in total. The predicted octanol–water partition coefficient (Wildman–Crippen LogP) is 6.25. The van der Waals surface area contributed by atoms with Crippen molar-refractivity contribution in [3.8, 4) is 0 Å². The van der Waals surface area contributed by atoms with Gasteiger partial charge in [0.1, 0.15) is 0 Å². The number of hydrogen-bond acceptors (Lipinski definition) is 4. The summed E-state index contributed by atoms with van der Waals surface area (Å²) in [5.41, 5.74) is 4.43. The molecule has 35 heavy (non-hydrogen) atoms. The van der Waals surface area contributed by atoms with Gasteiger partial charge in [-0.25, -0.2) is 8.42 Å². The number of nitrogens with zero attached hydrogens (tertiary/aromatic N) is 2. The molecule has 0 saturated carbocycles. The fraction of sp³-hybridized carbons (Fsp3) is 0.357. The van der Waals surface area contributed by atoms with Crippen molar-refractivity contribution in [3.05, 3.63) is 104 Å². The number of likely N-dealkylation sites (tertiary alicyclic amines) is 2. The van der Waals surface area contributed by atoms with Gasteiger partial charge in [0.05, 0.1) is 10.9 Å². The van der Waals surface area contributed by atoms with Gasteiger partial charge in [-0.3, -0.25) is 4.90 Å². The van der Waals surface area contributed by atoms with Crippen molar-refractivity contribution in [2.75, 3.05) is 32.4 Å². The number of benzene rings is 2. The smallest absolute Gasteiger partial charge is 0.172 e. The Morgan fingerprint density at radius 3 is 1.97 bits per heavy atom. The van der Waals surface area contributed by atoms with E-state index < -0.39 is 9.84 Å². The zero-order chi connectivity index (χ0) is 24.6. The normalized spacial score (nSPS) is 20.8. The van der Waals surface area contributed by atoms with Gasteiger partial charge in [-0.2, -0.15) is 0 Å². The van der Waals surface area contributed by atoms with Crippen LogP contribution in [0.2, 0.25) is 10.0 Å². The molecule has 0 bridgehead atoms. The monoisotopic (exact) mass is 528 g/mol. The molecule has 0 unspecified atom stereocenters. The summed E-state index contributed by atoms with van der Waals surface area (Å²) in [5, 5.41) is 1.39. The van der Waals surface area contributed by atoms with E-state index in [4.69, 9.17) is 23.2 Å². The highest BCUT2D eigenvalue weighted by Gasteiger charge is 2.40. The molecule has 0 atom stereocenters. The Labute approximate surface area is 218 Å². The summed E-state index contributed by atoms with van der Waals surface area (Å²) in [6.07, 6.45) is 10.6. The molecule has 184 valence electrons. The molecule has 5 rings (SSSR count). The Kier molecular flexibility index (Phi) is 7.13. The van der Waals surface area contributed by atoms with E-state index in [1.165, 1.54) is 24.8 Å². The van der Waals surface area contributed by atoms with Crippen LogP contribution >= 0.6 is 23.2 Å². The molecular formula is C28H30Cl2N2O2S. The lowest BCUT2D eigenvalue weighted by molar-refractivity contribution is 0.0922. The van der Waals surface area contributed by atoms with E-state index in [0.29, 0.717) is 34.5 Å². The highest BCUT2D eigenvalue weighted by atomic mass is 35.5. The molecule has 0 spiro atoms. The molecular weight excluding hydrogens is 499 g/mol. The van der Waals surface area contributed by atoms with Crippen LogP contribution in [0.15, 0.2) is 82.9 Å². The zero-order valence-corrected chi connectivity index (χ0v) is 22.2. The number of hydrogen-bond donors (Lipinski definition) is 0. The van der Waals surface area contributed by atoms with Crippen LogP contribution in [-0.4, -0.2) is 50.7 Å². The third kappa shape index (κ3) is 5.39. The van der Waals surface area contributed by atoms with Crippen LogP contribution < -0.4 is 0 Å². The molecule has 2 aliphatic heterocycles. The lowest BCUT2D eigenvalue weighted by Crippen LogP contribution is -2.50. The lowest BCUT2D eigenvalue weighted by atomic mass is 9.88. The molecule has 2 aromatic carbocycles. The van der Waals surface area contributed by atoms with E-state index >= 15 is 0 Å². The Balaban J connectivity index is 1.42. The van der Waals surface area contributed by atoms with Crippen LogP contribution in [0.1, 0.15) is 36.4 Å². The van der Waals surface area contributed by atoms with Crippen molar-refractivity contribution >= 4 is 33.0 Å². The predicted molar refractivity (Wildman–Crippen MR) is 144 cm³/mol. The highest BCUT2D eigenvalue weighted by Crippen LogP contribution is 2.41. The molecule has 2 aromatic rings. The van der Waals surface area contributed by atoms with Crippen LogP contribution in [0.3, 0.4) is 0 Å². The van der Waals surface area contributed by atoms with Crippen molar-refractivity contribution in [1.82, 2.24) is 9.80 Å². The summed E-state index contributed by atoms with van der Waals surface area (Å²) in [5.74, 6) is -0.0234. The standard InChI is InChI=1S/C28H30Cl2N2O2S/c1-35(33,34)28(22-5-4-6-26(17-22)31-15-2-3-16-31)23-18-32(19-23)27(20-7-11-24(29)12-8-20)21-9-13-25(30)14-10-21/h4-14,23,27H,2-3,15-19H2,1H3. The van der Waals surface area contributed by atoms with E-state index in [-0.39, 0.29) is 12.0 Å². The SMILES string of the molecule is CS(=O)(=O)C(=C1C=CC=C(N2CCCC2)C1)C1CN(C(c2ccc(Cl)cc2)c2ccc(Cl)cc2)C1. The van der Waals surface area contributed by atoms with Crippen molar-refractivity contribution in [3.63, 3.8) is 0 Å². The average molecular weight is 530 g/mol. The van der Waals surface area contributed by atoms with E-state index in [2.05, 4.69) is 15.9 Å². The van der Waals surface area contributed by atoms with Gasteiger partial charge < -0.3 is 4.90 Å². The first-order chi connectivity index (χ1) is 16.8. The van der Waals surface area contributed by atoms with E-state index in [1.54, 1.807) is 0 Å². The topological polar surface area (TPSA) is 40.6 Å². The number of sulfone groups is 1. The Morgan fingerprint density at radius 2 is 1.46 bits per heavy atom. The van der Waals surface area contributed by atoms with Gasteiger partial charge in [0, 0.05) is 60.5 Å². The number of rotatable bonds is 6. The first-order valence-corrected chi connectivity index (χ1v) is 14.7. The second-order valence-corrected chi connectivity index (χ2v) is 12.6. The van der Waals surface area contributed by atoms with Crippen molar-refractivity contribution in [1.29, 1.82) is 0 Å². The first kappa shape index (κ1) is 24.6. The fourth-order valence-corrected chi connectivity index (χ4v) is 7.20. The minimum atomic E-state index is -3.34. The van der Waals surface area contributed by atoms with Crippen molar-refractivity contribution < 1.29 is 8.42 Å². The first-order valence-electron chi connectivity index (χ1n) is 12.1. The molecule has 0 radical (unpaired) electrons. The van der Waals surface area contributed by atoms with Gasteiger partial charge in [-0.15, -0.1) is 0 Å². The summed E-state index contributed by atoms with van der Waals surface area (Å²) in [6.45, 7) is 3.47. The molecule has 1 aliphatic carbocycles. The van der Waals surface area contributed by atoms with E-state index in [1.807, 2.05) is 60.7 Å². The van der Waals surface area contributed by atoms with Gasteiger partial charge in [0.2, 0.25) is 0 Å². The van der Waals surface area contributed by atoms with Gasteiger partial charge in [-0.1, -0.05) is 59.6 Å². The van der Waals surface area contributed by atoms with Gasteiger partial charge in [-0.05, 0) is 59.9 Å². The Hall–Kier alpha value is -2.05. The summed E-state index contributed by atoms with van der Waals surface area (Å²) < 4.78 is 26.0. The quantitative estimate of drug-likeness (QED) is 0.444. The van der Waals surface area contributed by atoms with Gasteiger partial charge in [0.15, 0.2) is 9.84 Å². The summed E-state index contributed by atoms with van der Waals surface area (Å²) >= 11 is 12.3. The largest absolute Gasteiger partial charge is 0.375 e. The van der Waals surface area contributed by atoms with Crippen molar-refractivity contribution in [2.45, 2.75) is 25.3 Å². The maximum Gasteiger partial charge on any atom is 0.172 e. The van der Waals surface area contributed by atoms with Gasteiger partial charge in [0.25, 0.3) is 0 Å². The summed E-state index contributed by atoms with van der Waals surface area (Å²) in [6, 6.07) is 15.8. The Morgan fingerprint density at radius 1 is 0.914 bits per heavy atom. The number of allylic oxidation sites excluding steroid dienone is 4. The molecule has 2 heterocycles. The summed E-state index contributed by atoms with van der Waals surface area (Å²) in [7, 11) is -3.34. The fourth-order valence-electron chi connectivity index (χ4n) is 5.58. The summed E-state index contributed by atoms with van der Waals surface area (Å²) in [4.78, 5) is 5.33. The lowest BCUT2D eigenvalue weighted by Gasteiger charge is -2.46. The van der Waals surface area contributed by atoms with Crippen molar-refractivity contribution in [2.24, 2.45) is 5.92 Å². The third-order valence-corrected chi connectivity index (χ3v) is 9.10. The molecule has 2 fully saturated rings. The van der Waals surface area contributed by atoms with Crippen LogP contribution in [0.4, 0.5) is 0 Å².